The predicted molar refractivity (Wildman–Crippen MR) is 62.9 cm³/mol. The van der Waals surface area contributed by atoms with Crippen molar-refractivity contribution in [2.75, 3.05) is 7.11 Å². The summed E-state index contributed by atoms with van der Waals surface area (Å²) < 4.78 is 4.72. The molecule has 1 aromatic rings. The molecule has 0 amide bonds. The number of esters is 1. The number of hydrogen-bond acceptors (Lipinski definition) is 2. The van der Waals surface area contributed by atoms with E-state index in [-0.39, 0.29) is 11.9 Å². The highest BCUT2D eigenvalue weighted by Gasteiger charge is 2.16. The number of methoxy groups -OCH3 is 1. The van der Waals surface area contributed by atoms with Crippen LogP contribution in [0.25, 0.3) is 4.85 Å². The third-order valence-corrected chi connectivity index (χ3v) is 2.52. The van der Waals surface area contributed by atoms with E-state index in [4.69, 9.17) is 11.3 Å². The zero-order chi connectivity index (χ0) is 12.3. The summed E-state index contributed by atoms with van der Waals surface area (Å²) in [5, 5.41) is 0. The maximum Gasteiger partial charge on any atom is 0.336 e. The van der Waals surface area contributed by atoms with Gasteiger partial charge in [0.25, 0.3) is 0 Å². The SMILES string of the molecule is [C-]#[N+]c1cc(C(=O)OC)c(C(C)C)cc1C. The molecule has 0 saturated heterocycles. The van der Waals surface area contributed by atoms with Crippen molar-refractivity contribution in [3.63, 3.8) is 0 Å². The van der Waals surface area contributed by atoms with Gasteiger partial charge in [0.1, 0.15) is 0 Å². The molecule has 0 heterocycles. The van der Waals surface area contributed by atoms with Crippen molar-refractivity contribution in [1.82, 2.24) is 0 Å². The second-order valence-electron chi connectivity index (χ2n) is 3.98. The van der Waals surface area contributed by atoms with E-state index in [1.807, 2.05) is 26.8 Å². The van der Waals surface area contributed by atoms with Crippen molar-refractivity contribution >= 4 is 11.7 Å². The number of carbonyl (C=O) groups excluding carboxylic acids is 1. The van der Waals surface area contributed by atoms with Gasteiger partial charge in [-0.3, -0.25) is 0 Å². The lowest BCUT2D eigenvalue weighted by Gasteiger charge is -2.13. The smallest absolute Gasteiger partial charge is 0.336 e. The molecule has 0 aliphatic rings. The van der Waals surface area contributed by atoms with Gasteiger partial charge in [0.05, 0.1) is 19.2 Å². The van der Waals surface area contributed by atoms with Crippen LogP contribution in [-0.2, 0) is 4.74 Å². The Hall–Kier alpha value is -1.82. The van der Waals surface area contributed by atoms with Crippen LogP contribution in [0.3, 0.4) is 0 Å². The average Bonchev–Trinajstić information content (AvgIpc) is 2.27. The summed E-state index contributed by atoms with van der Waals surface area (Å²) in [4.78, 5) is 15.0. The predicted octanol–water partition coefficient (Wildman–Crippen LogP) is 3.46. The molecule has 0 aliphatic heterocycles. The van der Waals surface area contributed by atoms with E-state index in [2.05, 4.69) is 4.85 Å². The van der Waals surface area contributed by atoms with Gasteiger partial charge in [-0.2, -0.15) is 0 Å². The summed E-state index contributed by atoms with van der Waals surface area (Å²) in [7, 11) is 1.35. The maximum atomic E-state index is 11.6. The molecule has 0 atom stereocenters. The van der Waals surface area contributed by atoms with Crippen molar-refractivity contribution in [1.29, 1.82) is 0 Å². The summed E-state index contributed by atoms with van der Waals surface area (Å²) >= 11 is 0. The highest BCUT2D eigenvalue weighted by Crippen LogP contribution is 2.28. The van der Waals surface area contributed by atoms with Gasteiger partial charge in [0.2, 0.25) is 0 Å². The van der Waals surface area contributed by atoms with E-state index in [1.165, 1.54) is 7.11 Å². The first kappa shape index (κ1) is 12.3. The zero-order valence-electron chi connectivity index (χ0n) is 10.00. The average molecular weight is 217 g/mol. The van der Waals surface area contributed by atoms with Crippen molar-refractivity contribution < 1.29 is 9.53 Å². The first-order chi connectivity index (χ1) is 7.51. The fourth-order valence-corrected chi connectivity index (χ4v) is 1.60. The van der Waals surface area contributed by atoms with Crippen LogP contribution in [-0.4, -0.2) is 13.1 Å². The van der Waals surface area contributed by atoms with Crippen LogP contribution in [0, 0.1) is 13.5 Å². The summed E-state index contributed by atoms with van der Waals surface area (Å²) in [5.41, 5.74) is 2.82. The molecule has 0 N–H and O–H groups in total. The van der Waals surface area contributed by atoms with Gasteiger partial charge >= 0.3 is 5.97 Å². The Morgan fingerprint density at radius 2 is 2.06 bits per heavy atom. The summed E-state index contributed by atoms with van der Waals surface area (Å²) in [5.74, 6) is -0.152. The van der Waals surface area contributed by atoms with Gasteiger partial charge < -0.3 is 4.74 Å². The van der Waals surface area contributed by atoms with Crippen molar-refractivity contribution in [3.05, 3.63) is 40.2 Å². The standard InChI is InChI=1S/C13H15NO2/c1-8(2)10-6-9(3)12(14-4)7-11(10)13(15)16-5/h6-8H,1-3,5H3. The van der Waals surface area contributed by atoms with E-state index in [1.54, 1.807) is 6.07 Å². The topological polar surface area (TPSA) is 30.7 Å². The molecule has 3 heteroatoms. The Balaban J connectivity index is 3.44. The molecular formula is C13H15NO2. The Morgan fingerprint density at radius 3 is 2.50 bits per heavy atom. The molecule has 0 unspecified atom stereocenters. The van der Waals surface area contributed by atoms with Crippen LogP contribution >= 0.6 is 0 Å². The molecule has 1 rings (SSSR count). The molecule has 0 saturated carbocycles. The monoisotopic (exact) mass is 217 g/mol. The number of hydrogen-bond donors (Lipinski definition) is 0. The Labute approximate surface area is 95.9 Å². The number of rotatable bonds is 2. The molecule has 1 aromatic carbocycles. The van der Waals surface area contributed by atoms with Crippen LogP contribution < -0.4 is 0 Å². The number of benzene rings is 1. The van der Waals surface area contributed by atoms with E-state index in [0.717, 1.165) is 11.1 Å². The minimum absolute atomic E-state index is 0.229. The molecule has 0 fully saturated rings. The van der Waals surface area contributed by atoms with Gasteiger partial charge in [0, 0.05) is 0 Å². The van der Waals surface area contributed by atoms with Crippen LogP contribution in [0.15, 0.2) is 12.1 Å². The van der Waals surface area contributed by atoms with E-state index in [9.17, 15) is 4.79 Å². The molecule has 0 radical (unpaired) electrons. The lowest BCUT2D eigenvalue weighted by atomic mass is 9.94. The molecule has 16 heavy (non-hydrogen) atoms. The van der Waals surface area contributed by atoms with Gasteiger partial charge in [-0.1, -0.05) is 19.9 Å². The zero-order valence-corrected chi connectivity index (χ0v) is 10.00. The van der Waals surface area contributed by atoms with Crippen molar-refractivity contribution in [3.8, 4) is 0 Å². The normalized spacial score (nSPS) is 10.0. The first-order valence-corrected chi connectivity index (χ1v) is 5.11. The van der Waals surface area contributed by atoms with E-state index < -0.39 is 0 Å². The van der Waals surface area contributed by atoms with Crippen molar-refractivity contribution in [2.45, 2.75) is 26.7 Å². The number of ether oxygens (including phenoxy) is 1. The highest BCUT2D eigenvalue weighted by atomic mass is 16.5. The Kier molecular flexibility index (Phi) is 3.68. The highest BCUT2D eigenvalue weighted by molar-refractivity contribution is 5.92. The molecule has 84 valence electrons. The molecule has 0 spiro atoms. The van der Waals surface area contributed by atoms with Crippen LogP contribution in [0.5, 0.6) is 0 Å². The molecular weight excluding hydrogens is 202 g/mol. The van der Waals surface area contributed by atoms with Gasteiger partial charge in [-0.25, -0.2) is 9.64 Å². The lowest BCUT2D eigenvalue weighted by molar-refractivity contribution is 0.0599. The minimum atomic E-state index is -0.381. The number of carbonyl (C=O) groups is 1. The van der Waals surface area contributed by atoms with E-state index in [0.29, 0.717) is 11.3 Å². The summed E-state index contributed by atoms with van der Waals surface area (Å²) in [6.07, 6.45) is 0. The fraction of sp³-hybridized carbons (Fsp3) is 0.385. The third kappa shape index (κ3) is 2.22. The number of aryl methyl sites for hydroxylation is 1. The fourth-order valence-electron chi connectivity index (χ4n) is 1.60. The Bertz CT molecular complexity index is 456. The number of nitrogens with zero attached hydrogens (tertiary/aromatic N) is 1. The van der Waals surface area contributed by atoms with Crippen LogP contribution in [0.4, 0.5) is 5.69 Å². The molecule has 0 aliphatic carbocycles. The molecule has 0 aromatic heterocycles. The van der Waals surface area contributed by atoms with Gasteiger partial charge in [-0.05, 0) is 30.0 Å². The van der Waals surface area contributed by atoms with E-state index >= 15 is 0 Å². The lowest BCUT2D eigenvalue weighted by Crippen LogP contribution is -2.07. The minimum Gasteiger partial charge on any atom is -0.465 e. The van der Waals surface area contributed by atoms with Crippen LogP contribution in [0.1, 0.15) is 41.3 Å². The van der Waals surface area contributed by atoms with Crippen molar-refractivity contribution in [2.24, 2.45) is 0 Å². The summed E-state index contributed by atoms with van der Waals surface area (Å²) in [6, 6.07) is 3.51. The molecule has 3 nitrogen and oxygen atoms in total. The van der Waals surface area contributed by atoms with Gasteiger partial charge in [-0.15, -0.1) is 0 Å². The largest absolute Gasteiger partial charge is 0.465 e. The third-order valence-electron chi connectivity index (χ3n) is 2.52. The quantitative estimate of drug-likeness (QED) is 0.561. The second kappa shape index (κ2) is 4.80. The maximum absolute atomic E-state index is 11.6. The Morgan fingerprint density at radius 1 is 1.44 bits per heavy atom. The first-order valence-electron chi connectivity index (χ1n) is 5.11. The van der Waals surface area contributed by atoms with Gasteiger partial charge in [0.15, 0.2) is 5.69 Å². The second-order valence-corrected chi connectivity index (χ2v) is 3.98. The van der Waals surface area contributed by atoms with Crippen LogP contribution in [0.2, 0.25) is 0 Å². The molecule has 0 bridgehead atoms. The summed E-state index contributed by atoms with van der Waals surface area (Å²) in [6.45, 7) is 12.9.